The minimum absolute atomic E-state index is 0.227. The van der Waals surface area contributed by atoms with Crippen molar-refractivity contribution in [1.29, 1.82) is 0 Å². The van der Waals surface area contributed by atoms with E-state index in [1.54, 1.807) is 6.92 Å². The summed E-state index contributed by atoms with van der Waals surface area (Å²) >= 11 is 0. The van der Waals surface area contributed by atoms with E-state index in [9.17, 15) is 9.59 Å². The van der Waals surface area contributed by atoms with Gasteiger partial charge < -0.3 is 14.2 Å². The highest BCUT2D eigenvalue weighted by Gasteiger charge is 2.23. The molecule has 0 aliphatic carbocycles. The summed E-state index contributed by atoms with van der Waals surface area (Å²) in [5, 5.41) is 0. The van der Waals surface area contributed by atoms with Gasteiger partial charge in [-0.1, -0.05) is 0 Å². The lowest BCUT2D eigenvalue weighted by Gasteiger charge is -2.26. The van der Waals surface area contributed by atoms with Crippen molar-refractivity contribution in [3.05, 3.63) is 22.5 Å². The number of nitrogens with zero attached hydrogens (tertiary/aromatic N) is 2. The summed E-state index contributed by atoms with van der Waals surface area (Å²) in [5.74, 6) is -0.0609. The van der Waals surface area contributed by atoms with Crippen LogP contribution in [0.15, 0.2) is 0 Å². The fourth-order valence-corrected chi connectivity index (χ4v) is 3.43. The minimum atomic E-state index is -0.288. The van der Waals surface area contributed by atoms with Crippen molar-refractivity contribution in [2.75, 3.05) is 19.7 Å². The Morgan fingerprint density at radius 3 is 2.39 bits per heavy atom. The number of carbonyl (C=O) groups is 2. The van der Waals surface area contributed by atoms with E-state index in [0.717, 1.165) is 42.8 Å². The van der Waals surface area contributed by atoms with Crippen LogP contribution in [0.2, 0.25) is 0 Å². The number of rotatable bonds is 5. The third-order valence-corrected chi connectivity index (χ3v) is 4.85. The van der Waals surface area contributed by atoms with Crippen molar-refractivity contribution in [2.24, 2.45) is 7.05 Å². The van der Waals surface area contributed by atoms with Gasteiger partial charge in [0, 0.05) is 32.3 Å². The molecule has 2 rings (SSSR count). The molecule has 5 heteroatoms. The topological polar surface area (TPSA) is 51.5 Å². The summed E-state index contributed by atoms with van der Waals surface area (Å²) < 4.78 is 7.03. The largest absolute Gasteiger partial charge is 0.461 e. The van der Waals surface area contributed by atoms with Gasteiger partial charge >= 0.3 is 5.97 Å². The zero-order valence-electron chi connectivity index (χ0n) is 14.8. The first-order valence-corrected chi connectivity index (χ1v) is 8.57. The van der Waals surface area contributed by atoms with Crippen LogP contribution in [0.5, 0.6) is 0 Å². The van der Waals surface area contributed by atoms with E-state index in [0.29, 0.717) is 25.1 Å². The molecule has 1 aliphatic rings. The molecule has 1 saturated heterocycles. The van der Waals surface area contributed by atoms with Crippen LogP contribution in [-0.2, 0) is 23.0 Å². The number of aromatic nitrogens is 1. The fraction of sp³-hybridized carbons (Fsp3) is 0.667. The van der Waals surface area contributed by atoms with E-state index in [2.05, 4.69) is 0 Å². The molecule has 1 aromatic heterocycles. The van der Waals surface area contributed by atoms with E-state index in [1.165, 1.54) is 6.42 Å². The maximum atomic E-state index is 12.3. The van der Waals surface area contributed by atoms with Crippen LogP contribution >= 0.6 is 0 Å². The second-order valence-corrected chi connectivity index (χ2v) is 6.26. The van der Waals surface area contributed by atoms with Crippen molar-refractivity contribution in [2.45, 2.75) is 52.9 Å². The van der Waals surface area contributed by atoms with Crippen LogP contribution in [0.3, 0.4) is 0 Å². The molecule has 1 aromatic rings. The maximum Gasteiger partial charge on any atom is 0.355 e. The molecule has 0 radical (unpaired) electrons. The van der Waals surface area contributed by atoms with Gasteiger partial charge in [0.1, 0.15) is 5.69 Å². The first-order chi connectivity index (χ1) is 11.0. The Balaban J connectivity index is 2.09. The number of ether oxygens (including phenoxy) is 1. The first kappa shape index (κ1) is 17.6. The maximum absolute atomic E-state index is 12.3. The smallest absolute Gasteiger partial charge is 0.355 e. The summed E-state index contributed by atoms with van der Waals surface area (Å²) in [6.45, 7) is 7.89. The van der Waals surface area contributed by atoms with E-state index >= 15 is 0 Å². The fourth-order valence-electron chi connectivity index (χ4n) is 3.43. The molecule has 2 heterocycles. The molecule has 0 saturated carbocycles. The Morgan fingerprint density at radius 1 is 1.13 bits per heavy atom. The zero-order chi connectivity index (χ0) is 17.0. The van der Waals surface area contributed by atoms with Crippen molar-refractivity contribution in [3.8, 4) is 0 Å². The molecule has 23 heavy (non-hydrogen) atoms. The predicted octanol–water partition coefficient (Wildman–Crippen LogP) is 2.76. The SMILES string of the molecule is CCOC(=O)c1c(C)c(CCC(=O)N2CCCCC2)c(C)n1C. The highest BCUT2D eigenvalue weighted by atomic mass is 16.5. The Morgan fingerprint density at radius 2 is 1.78 bits per heavy atom. The van der Waals surface area contributed by atoms with E-state index < -0.39 is 0 Å². The Labute approximate surface area is 138 Å². The number of piperidine rings is 1. The van der Waals surface area contributed by atoms with Crippen LogP contribution in [-0.4, -0.2) is 41.0 Å². The molecule has 1 fully saturated rings. The number of hydrogen-bond donors (Lipinski definition) is 0. The molecule has 0 atom stereocenters. The average molecular weight is 320 g/mol. The Hall–Kier alpha value is -1.78. The summed E-state index contributed by atoms with van der Waals surface area (Å²) in [7, 11) is 1.88. The first-order valence-electron chi connectivity index (χ1n) is 8.57. The molecule has 1 amide bonds. The Bertz CT molecular complexity index is 584. The van der Waals surface area contributed by atoms with Crippen molar-refractivity contribution < 1.29 is 14.3 Å². The monoisotopic (exact) mass is 320 g/mol. The highest BCUT2D eigenvalue weighted by molar-refractivity contribution is 5.90. The van der Waals surface area contributed by atoms with Crippen LogP contribution in [0.25, 0.3) is 0 Å². The molecular weight excluding hydrogens is 292 g/mol. The molecular formula is C18H28N2O3. The van der Waals surface area contributed by atoms with Gasteiger partial charge in [-0.3, -0.25) is 4.79 Å². The van der Waals surface area contributed by atoms with Gasteiger partial charge in [-0.2, -0.15) is 0 Å². The van der Waals surface area contributed by atoms with Crippen LogP contribution in [0.4, 0.5) is 0 Å². The molecule has 0 aromatic carbocycles. The zero-order valence-corrected chi connectivity index (χ0v) is 14.8. The third kappa shape index (κ3) is 3.77. The number of carbonyl (C=O) groups excluding carboxylic acids is 2. The lowest BCUT2D eigenvalue weighted by Crippen LogP contribution is -2.35. The second-order valence-electron chi connectivity index (χ2n) is 6.26. The van der Waals surface area contributed by atoms with Gasteiger partial charge in [0.25, 0.3) is 0 Å². The van der Waals surface area contributed by atoms with E-state index in [1.807, 2.05) is 30.4 Å². The van der Waals surface area contributed by atoms with Gasteiger partial charge in [0.05, 0.1) is 6.61 Å². The third-order valence-electron chi connectivity index (χ3n) is 4.85. The van der Waals surface area contributed by atoms with Gasteiger partial charge in [-0.15, -0.1) is 0 Å². The number of esters is 1. The molecule has 0 N–H and O–H groups in total. The summed E-state index contributed by atoms with van der Waals surface area (Å²) in [6, 6.07) is 0. The van der Waals surface area contributed by atoms with Crippen LogP contribution in [0.1, 0.15) is 59.9 Å². The Kier molecular flexibility index (Phi) is 5.85. The summed E-state index contributed by atoms with van der Waals surface area (Å²) in [4.78, 5) is 26.4. The van der Waals surface area contributed by atoms with Crippen molar-refractivity contribution in [3.63, 3.8) is 0 Å². The van der Waals surface area contributed by atoms with Crippen LogP contribution < -0.4 is 0 Å². The predicted molar refractivity (Wildman–Crippen MR) is 89.6 cm³/mol. The highest BCUT2D eigenvalue weighted by Crippen LogP contribution is 2.24. The second kappa shape index (κ2) is 7.66. The lowest BCUT2D eigenvalue weighted by molar-refractivity contribution is -0.132. The van der Waals surface area contributed by atoms with Gasteiger partial charge in [0.15, 0.2) is 0 Å². The molecule has 0 spiro atoms. The number of likely N-dealkylation sites (tertiary alicyclic amines) is 1. The standard InChI is InChI=1S/C18H28N2O3/c1-5-23-18(22)17-13(2)15(14(3)19(17)4)9-10-16(21)20-11-7-6-8-12-20/h5-12H2,1-4H3. The van der Waals surface area contributed by atoms with Crippen molar-refractivity contribution >= 4 is 11.9 Å². The van der Waals surface area contributed by atoms with Gasteiger partial charge in [0.2, 0.25) is 5.91 Å². The van der Waals surface area contributed by atoms with E-state index in [-0.39, 0.29) is 11.9 Å². The van der Waals surface area contributed by atoms with Gasteiger partial charge in [-0.05, 0) is 57.6 Å². The minimum Gasteiger partial charge on any atom is -0.461 e. The average Bonchev–Trinajstić information content (AvgIpc) is 2.76. The quantitative estimate of drug-likeness (QED) is 0.784. The van der Waals surface area contributed by atoms with E-state index in [4.69, 9.17) is 4.74 Å². The lowest BCUT2D eigenvalue weighted by atomic mass is 10.0. The van der Waals surface area contributed by atoms with Gasteiger partial charge in [-0.25, -0.2) is 4.79 Å². The molecule has 1 aliphatic heterocycles. The number of amides is 1. The number of hydrogen-bond acceptors (Lipinski definition) is 3. The van der Waals surface area contributed by atoms with Crippen LogP contribution in [0, 0.1) is 13.8 Å². The molecule has 128 valence electrons. The molecule has 5 nitrogen and oxygen atoms in total. The normalized spacial score (nSPS) is 14.9. The molecule has 0 unspecified atom stereocenters. The van der Waals surface area contributed by atoms with Crippen molar-refractivity contribution in [1.82, 2.24) is 9.47 Å². The summed E-state index contributed by atoms with van der Waals surface area (Å²) in [5.41, 5.74) is 3.68. The summed E-state index contributed by atoms with van der Waals surface area (Å²) in [6.07, 6.45) is 4.64. The molecule has 0 bridgehead atoms.